The summed E-state index contributed by atoms with van der Waals surface area (Å²) in [4.78, 5) is 11.8. The molecule has 1 aliphatic heterocycles. The minimum absolute atomic E-state index is 0.119. The molecule has 0 aliphatic carbocycles. The number of carbonyl (C=O) groups excluding carboxylic acids is 1. The van der Waals surface area contributed by atoms with Crippen molar-refractivity contribution in [2.75, 3.05) is 13.2 Å². The van der Waals surface area contributed by atoms with Crippen molar-refractivity contribution in [3.05, 3.63) is 72.9 Å². The maximum absolute atomic E-state index is 11.8. The normalized spacial score (nSPS) is 18.0. The van der Waals surface area contributed by atoms with E-state index in [9.17, 15) is 4.79 Å². The van der Waals surface area contributed by atoms with Crippen LogP contribution in [0.4, 0.5) is 0 Å². The number of hydrogen-bond donors (Lipinski definition) is 1. The fraction of sp³-hybridized carbons (Fsp3) is 0.536. The molecule has 1 heterocycles. The zero-order valence-electron chi connectivity index (χ0n) is 19.5. The van der Waals surface area contributed by atoms with Gasteiger partial charge in [0, 0.05) is 19.6 Å². The second-order valence-corrected chi connectivity index (χ2v) is 7.75. The van der Waals surface area contributed by atoms with Crippen molar-refractivity contribution < 1.29 is 9.53 Å². The summed E-state index contributed by atoms with van der Waals surface area (Å²) in [6, 6.07) is 0. The van der Waals surface area contributed by atoms with E-state index in [0.29, 0.717) is 13.0 Å². The van der Waals surface area contributed by atoms with E-state index in [4.69, 9.17) is 4.74 Å². The van der Waals surface area contributed by atoms with Crippen LogP contribution in [-0.4, -0.2) is 25.2 Å². The van der Waals surface area contributed by atoms with Gasteiger partial charge in [-0.15, -0.1) is 0 Å². The third-order valence-electron chi connectivity index (χ3n) is 4.94. The van der Waals surface area contributed by atoms with Crippen molar-refractivity contribution in [1.82, 2.24) is 5.32 Å². The van der Waals surface area contributed by atoms with Gasteiger partial charge in [-0.3, -0.25) is 4.79 Å². The minimum Gasteiger partial charge on any atom is -0.376 e. The Labute approximate surface area is 190 Å². The summed E-state index contributed by atoms with van der Waals surface area (Å²) in [6.45, 7) is 3.64. The minimum atomic E-state index is 0.119. The van der Waals surface area contributed by atoms with Gasteiger partial charge in [0.15, 0.2) is 0 Å². The van der Waals surface area contributed by atoms with E-state index in [1.807, 2.05) is 0 Å². The maximum atomic E-state index is 11.8. The molecule has 0 aromatic heterocycles. The van der Waals surface area contributed by atoms with Crippen molar-refractivity contribution >= 4 is 5.91 Å². The summed E-state index contributed by atoms with van der Waals surface area (Å²) in [6.07, 6.45) is 37.3. The van der Waals surface area contributed by atoms with Gasteiger partial charge in [-0.1, -0.05) is 79.8 Å². The molecule has 1 aliphatic rings. The predicted molar refractivity (Wildman–Crippen MR) is 134 cm³/mol. The Balaban J connectivity index is 1.93. The summed E-state index contributed by atoms with van der Waals surface area (Å²) in [7, 11) is 0. The van der Waals surface area contributed by atoms with Crippen molar-refractivity contribution in [2.24, 2.45) is 0 Å². The Morgan fingerprint density at radius 1 is 0.774 bits per heavy atom. The quantitative estimate of drug-likeness (QED) is 0.267. The molecular weight excluding hydrogens is 382 g/mol. The molecule has 0 spiro atoms. The van der Waals surface area contributed by atoms with Gasteiger partial charge >= 0.3 is 0 Å². The fourth-order valence-electron chi connectivity index (χ4n) is 3.14. The lowest BCUT2D eigenvalue weighted by atomic mass is 10.1. The van der Waals surface area contributed by atoms with Crippen LogP contribution in [0.3, 0.4) is 0 Å². The first-order chi connectivity index (χ1) is 15.3. The van der Waals surface area contributed by atoms with E-state index in [0.717, 1.165) is 64.4 Å². The van der Waals surface area contributed by atoms with E-state index in [-0.39, 0.29) is 12.0 Å². The maximum Gasteiger partial charge on any atom is 0.220 e. The van der Waals surface area contributed by atoms with Crippen molar-refractivity contribution in [1.29, 1.82) is 0 Å². The van der Waals surface area contributed by atoms with Crippen LogP contribution in [0.2, 0.25) is 0 Å². The molecule has 3 nitrogen and oxygen atoms in total. The highest BCUT2D eigenvalue weighted by Crippen LogP contribution is 2.11. The molecule has 31 heavy (non-hydrogen) atoms. The summed E-state index contributed by atoms with van der Waals surface area (Å²) < 4.78 is 5.62. The van der Waals surface area contributed by atoms with Gasteiger partial charge in [-0.25, -0.2) is 0 Å². The summed E-state index contributed by atoms with van der Waals surface area (Å²) in [5.41, 5.74) is 0. The van der Waals surface area contributed by atoms with Crippen LogP contribution < -0.4 is 5.32 Å². The zero-order valence-corrected chi connectivity index (χ0v) is 19.5. The van der Waals surface area contributed by atoms with Crippen molar-refractivity contribution in [2.45, 2.75) is 83.7 Å². The average Bonchev–Trinajstić information content (AvgIpc) is 2.80. The number of allylic oxidation sites excluding steroid dienone is 12. The highest BCUT2D eigenvalue weighted by atomic mass is 16.5. The van der Waals surface area contributed by atoms with E-state index < -0.39 is 0 Å². The molecule has 1 rings (SSSR count). The molecule has 1 saturated heterocycles. The topological polar surface area (TPSA) is 38.3 Å². The molecule has 1 amide bonds. The van der Waals surface area contributed by atoms with E-state index in [1.54, 1.807) is 0 Å². The Bertz CT molecular complexity index is 605. The third kappa shape index (κ3) is 18.4. The standard InChI is InChI=1S/C28H43NO2/c1-2-3-4-5-6-7-8-9-10-11-12-13-14-15-16-17-18-19-20-24-28(30)29-26-27-23-21-22-25-31-27/h3-4,6-7,9-10,12-13,15-16,18-19,27H,2,5,8,11,14,17,20-26H2,1H3,(H,29,30)/b4-3+,7-6+,10-9+,13-12+,16-15+,19-18+. The molecule has 1 N–H and O–H groups in total. The van der Waals surface area contributed by atoms with E-state index in [2.05, 4.69) is 85.2 Å². The lowest BCUT2D eigenvalue weighted by molar-refractivity contribution is -0.121. The van der Waals surface area contributed by atoms with Gasteiger partial charge < -0.3 is 10.1 Å². The van der Waals surface area contributed by atoms with Gasteiger partial charge in [0.1, 0.15) is 0 Å². The molecule has 1 unspecified atom stereocenters. The number of hydrogen-bond acceptors (Lipinski definition) is 2. The number of ether oxygens (including phenoxy) is 1. The van der Waals surface area contributed by atoms with Crippen LogP contribution >= 0.6 is 0 Å². The number of carbonyl (C=O) groups is 1. The smallest absolute Gasteiger partial charge is 0.220 e. The molecule has 172 valence electrons. The van der Waals surface area contributed by atoms with Crippen LogP contribution in [0.5, 0.6) is 0 Å². The summed E-state index contributed by atoms with van der Waals surface area (Å²) in [5, 5.41) is 2.98. The lowest BCUT2D eigenvalue weighted by Crippen LogP contribution is -2.35. The molecular formula is C28H43NO2. The SMILES string of the molecule is CC/C=C/C/C=C/C/C=C/C/C=C/C/C=C/C/C=C/CCC(=O)NCC1CCCCO1. The lowest BCUT2D eigenvalue weighted by Gasteiger charge is -2.22. The Morgan fingerprint density at radius 3 is 1.77 bits per heavy atom. The fourth-order valence-corrected chi connectivity index (χ4v) is 3.14. The third-order valence-corrected chi connectivity index (χ3v) is 4.94. The van der Waals surface area contributed by atoms with Crippen molar-refractivity contribution in [3.63, 3.8) is 0 Å². The highest BCUT2D eigenvalue weighted by molar-refractivity contribution is 5.76. The van der Waals surface area contributed by atoms with Gasteiger partial charge in [-0.05, 0) is 64.2 Å². The van der Waals surface area contributed by atoms with Crippen LogP contribution in [-0.2, 0) is 9.53 Å². The molecule has 0 bridgehead atoms. The Kier molecular flexibility index (Phi) is 18.3. The Hall–Kier alpha value is -2.13. The molecule has 1 fully saturated rings. The first kappa shape index (κ1) is 26.9. The molecule has 0 aromatic carbocycles. The first-order valence-electron chi connectivity index (χ1n) is 12.1. The second-order valence-electron chi connectivity index (χ2n) is 7.75. The number of rotatable bonds is 16. The largest absolute Gasteiger partial charge is 0.376 e. The molecule has 0 saturated carbocycles. The first-order valence-corrected chi connectivity index (χ1v) is 12.1. The average molecular weight is 426 g/mol. The molecule has 1 atom stereocenters. The van der Waals surface area contributed by atoms with Crippen molar-refractivity contribution in [3.8, 4) is 0 Å². The van der Waals surface area contributed by atoms with E-state index >= 15 is 0 Å². The number of nitrogens with one attached hydrogen (secondary N) is 1. The Morgan fingerprint density at radius 2 is 1.29 bits per heavy atom. The summed E-state index contributed by atoms with van der Waals surface area (Å²) in [5.74, 6) is 0.119. The van der Waals surface area contributed by atoms with Crippen LogP contribution in [0.15, 0.2) is 72.9 Å². The van der Waals surface area contributed by atoms with Crippen LogP contribution in [0.1, 0.15) is 77.6 Å². The zero-order chi connectivity index (χ0) is 22.2. The highest BCUT2D eigenvalue weighted by Gasteiger charge is 2.14. The van der Waals surface area contributed by atoms with Crippen LogP contribution in [0, 0.1) is 0 Å². The molecule has 3 heteroatoms. The molecule has 0 radical (unpaired) electrons. The van der Waals surface area contributed by atoms with Gasteiger partial charge in [0.25, 0.3) is 0 Å². The monoisotopic (exact) mass is 425 g/mol. The van der Waals surface area contributed by atoms with Crippen LogP contribution in [0.25, 0.3) is 0 Å². The van der Waals surface area contributed by atoms with Gasteiger partial charge in [0.2, 0.25) is 5.91 Å². The van der Waals surface area contributed by atoms with Gasteiger partial charge in [0.05, 0.1) is 6.10 Å². The predicted octanol–water partition coefficient (Wildman–Crippen LogP) is 7.15. The molecule has 0 aromatic rings. The van der Waals surface area contributed by atoms with E-state index in [1.165, 1.54) is 6.42 Å². The second kappa shape index (κ2) is 21.1. The van der Waals surface area contributed by atoms with Gasteiger partial charge in [-0.2, -0.15) is 0 Å². The summed E-state index contributed by atoms with van der Waals surface area (Å²) >= 11 is 0. The number of amides is 1.